The van der Waals surface area contributed by atoms with Gasteiger partial charge in [0.1, 0.15) is 0 Å². The number of aromatic nitrogens is 2. The molecular weight excluding hydrogens is 328 g/mol. The molecule has 0 aromatic carbocycles. The van der Waals surface area contributed by atoms with E-state index in [9.17, 15) is 9.59 Å². The monoisotopic (exact) mass is 358 g/mol. The lowest BCUT2D eigenvalue weighted by molar-refractivity contribution is -0.143. The van der Waals surface area contributed by atoms with Crippen molar-refractivity contribution in [3.05, 3.63) is 18.7 Å². The normalized spacial score (nSPS) is 26.5. The van der Waals surface area contributed by atoms with Crippen LogP contribution in [0.1, 0.15) is 51.4 Å². The van der Waals surface area contributed by atoms with Crippen LogP contribution in [-0.4, -0.2) is 57.3 Å². The molecule has 1 unspecified atom stereocenters. The molecule has 1 aliphatic carbocycles. The van der Waals surface area contributed by atoms with Gasteiger partial charge in [0.25, 0.3) is 0 Å². The lowest BCUT2D eigenvalue weighted by Crippen LogP contribution is -2.55. The number of nitrogens with zero attached hydrogens (tertiary/aromatic N) is 4. The quantitative estimate of drug-likeness (QED) is 0.784. The Bertz CT molecular complexity index is 640. The lowest BCUT2D eigenvalue weighted by atomic mass is 9.73. The van der Waals surface area contributed by atoms with Crippen LogP contribution >= 0.6 is 0 Å². The molecule has 3 heterocycles. The van der Waals surface area contributed by atoms with Crippen molar-refractivity contribution < 1.29 is 9.59 Å². The van der Waals surface area contributed by atoms with Gasteiger partial charge in [-0.05, 0) is 44.4 Å². The van der Waals surface area contributed by atoms with Gasteiger partial charge in [-0.15, -0.1) is 0 Å². The Morgan fingerprint density at radius 1 is 1.27 bits per heavy atom. The Labute approximate surface area is 155 Å². The van der Waals surface area contributed by atoms with Gasteiger partial charge in [-0.25, -0.2) is 4.98 Å². The number of carbonyl (C=O) groups excluding carboxylic acids is 2. The topological polar surface area (TPSA) is 58.4 Å². The molecule has 0 N–H and O–H groups in total. The van der Waals surface area contributed by atoms with Crippen molar-refractivity contribution in [3.63, 3.8) is 0 Å². The first-order chi connectivity index (χ1) is 12.6. The van der Waals surface area contributed by atoms with Crippen molar-refractivity contribution >= 4 is 11.8 Å². The summed E-state index contributed by atoms with van der Waals surface area (Å²) in [7, 11) is 0. The van der Waals surface area contributed by atoms with E-state index >= 15 is 0 Å². The molecular formula is C20H30N4O2. The minimum absolute atomic E-state index is 0.140. The highest BCUT2D eigenvalue weighted by Gasteiger charge is 2.43. The molecule has 2 amide bonds. The van der Waals surface area contributed by atoms with E-state index in [0.29, 0.717) is 18.7 Å². The Balaban J connectivity index is 1.31. The van der Waals surface area contributed by atoms with Crippen molar-refractivity contribution in [2.24, 2.45) is 11.3 Å². The van der Waals surface area contributed by atoms with E-state index in [1.807, 2.05) is 10.8 Å². The van der Waals surface area contributed by atoms with Gasteiger partial charge < -0.3 is 14.4 Å². The zero-order valence-corrected chi connectivity index (χ0v) is 15.6. The number of amides is 2. The van der Waals surface area contributed by atoms with Crippen molar-refractivity contribution in [2.45, 2.75) is 57.9 Å². The van der Waals surface area contributed by atoms with Crippen LogP contribution in [0, 0.1) is 11.3 Å². The summed E-state index contributed by atoms with van der Waals surface area (Å²) in [5.74, 6) is 1.33. The average molecular weight is 358 g/mol. The predicted molar refractivity (Wildman–Crippen MR) is 98.2 cm³/mol. The highest BCUT2D eigenvalue weighted by Crippen LogP contribution is 2.40. The smallest absolute Gasteiger partial charge is 0.222 e. The van der Waals surface area contributed by atoms with Gasteiger partial charge in [-0.1, -0.05) is 0 Å². The van der Waals surface area contributed by atoms with Crippen molar-refractivity contribution in [1.29, 1.82) is 0 Å². The number of piperidine rings is 2. The molecule has 3 fully saturated rings. The van der Waals surface area contributed by atoms with E-state index in [2.05, 4.69) is 14.8 Å². The third-order valence-electron chi connectivity index (χ3n) is 6.30. The summed E-state index contributed by atoms with van der Waals surface area (Å²) in [4.78, 5) is 33.2. The van der Waals surface area contributed by atoms with E-state index in [1.165, 1.54) is 12.8 Å². The number of hydrogen-bond acceptors (Lipinski definition) is 3. The molecule has 6 heteroatoms. The summed E-state index contributed by atoms with van der Waals surface area (Å²) in [6.07, 6.45) is 13.3. The Morgan fingerprint density at radius 3 is 2.92 bits per heavy atom. The van der Waals surface area contributed by atoms with Crippen LogP contribution in [0.2, 0.25) is 0 Å². The van der Waals surface area contributed by atoms with Crippen LogP contribution in [0.4, 0.5) is 0 Å². The van der Waals surface area contributed by atoms with Gasteiger partial charge in [-0.2, -0.15) is 0 Å². The summed E-state index contributed by atoms with van der Waals surface area (Å²) in [5.41, 5.74) is 0.140. The summed E-state index contributed by atoms with van der Waals surface area (Å²) in [6, 6.07) is 0. The first kappa shape index (κ1) is 17.6. The minimum Gasteiger partial charge on any atom is -0.342 e. The molecule has 1 atom stereocenters. The molecule has 1 saturated carbocycles. The number of carbonyl (C=O) groups is 2. The van der Waals surface area contributed by atoms with Gasteiger partial charge in [0.05, 0.1) is 6.33 Å². The maximum absolute atomic E-state index is 12.7. The number of aryl methyl sites for hydroxylation is 1. The molecule has 1 spiro atoms. The fourth-order valence-electron chi connectivity index (χ4n) is 4.62. The van der Waals surface area contributed by atoms with Gasteiger partial charge in [-0.3, -0.25) is 9.59 Å². The highest BCUT2D eigenvalue weighted by atomic mass is 16.2. The molecule has 2 saturated heterocycles. The summed E-state index contributed by atoms with van der Waals surface area (Å²) >= 11 is 0. The Hall–Kier alpha value is -1.85. The van der Waals surface area contributed by atoms with Crippen LogP contribution in [0.5, 0.6) is 0 Å². The molecule has 1 aromatic rings. The van der Waals surface area contributed by atoms with Gasteiger partial charge in [0.2, 0.25) is 11.8 Å². The van der Waals surface area contributed by atoms with E-state index < -0.39 is 0 Å². The van der Waals surface area contributed by atoms with Crippen LogP contribution in [0.15, 0.2) is 18.7 Å². The van der Waals surface area contributed by atoms with E-state index in [0.717, 1.165) is 64.3 Å². The van der Waals surface area contributed by atoms with Gasteiger partial charge in [0, 0.05) is 63.4 Å². The maximum atomic E-state index is 12.7. The highest BCUT2D eigenvalue weighted by molar-refractivity contribution is 5.78. The van der Waals surface area contributed by atoms with E-state index in [1.54, 1.807) is 12.5 Å². The van der Waals surface area contributed by atoms with Crippen LogP contribution in [-0.2, 0) is 16.1 Å². The average Bonchev–Trinajstić information content (AvgIpc) is 3.30. The second kappa shape index (κ2) is 7.41. The van der Waals surface area contributed by atoms with Crippen LogP contribution in [0.3, 0.4) is 0 Å². The fourth-order valence-corrected chi connectivity index (χ4v) is 4.62. The Kier molecular flexibility index (Phi) is 5.00. The van der Waals surface area contributed by atoms with Crippen LogP contribution < -0.4 is 0 Å². The predicted octanol–water partition coefficient (Wildman–Crippen LogP) is 2.30. The van der Waals surface area contributed by atoms with Gasteiger partial charge in [0.15, 0.2) is 0 Å². The second-order valence-electron chi connectivity index (χ2n) is 8.54. The standard InChI is InChI=1S/C20H30N4O2/c25-18(3-1-10-22-12-9-21-16-22)23-11-2-7-20(14-23)8-6-19(26)24(15-20)13-17-4-5-17/h9,12,16-17H,1-8,10-11,13-15H2. The zero-order chi connectivity index (χ0) is 18.0. The number of likely N-dealkylation sites (tertiary alicyclic amines) is 2. The molecule has 0 bridgehead atoms. The molecule has 4 rings (SSSR count). The Morgan fingerprint density at radius 2 is 2.15 bits per heavy atom. The van der Waals surface area contributed by atoms with Crippen molar-refractivity contribution in [3.8, 4) is 0 Å². The summed E-state index contributed by atoms with van der Waals surface area (Å²) in [5, 5.41) is 0. The second-order valence-corrected chi connectivity index (χ2v) is 8.54. The van der Waals surface area contributed by atoms with Crippen LogP contribution in [0.25, 0.3) is 0 Å². The van der Waals surface area contributed by atoms with Gasteiger partial charge >= 0.3 is 0 Å². The SMILES string of the molecule is O=C(CCCn1ccnc1)N1CCCC2(CCC(=O)N(CC3CC3)C2)C1. The third kappa shape index (κ3) is 4.10. The third-order valence-corrected chi connectivity index (χ3v) is 6.30. The maximum Gasteiger partial charge on any atom is 0.222 e. The van der Waals surface area contributed by atoms with Crippen molar-refractivity contribution in [1.82, 2.24) is 19.4 Å². The summed E-state index contributed by atoms with van der Waals surface area (Å²) < 4.78 is 2.02. The molecule has 1 aromatic heterocycles. The molecule has 142 valence electrons. The molecule has 3 aliphatic rings. The minimum atomic E-state index is 0.140. The first-order valence-electron chi connectivity index (χ1n) is 10.1. The van der Waals surface area contributed by atoms with E-state index in [-0.39, 0.29) is 11.3 Å². The fraction of sp³-hybridized carbons (Fsp3) is 0.750. The van der Waals surface area contributed by atoms with Crippen molar-refractivity contribution in [2.75, 3.05) is 26.2 Å². The largest absolute Gasteiger partial charge is 0.342 e. The number of hydrogen-bond donors (Lipinski definition) is 0. The number of rotatable bonds is 6. The molecule has 0 radical (unpaired) electrons. The summed E-state index contributed by atoms with van der Waals surface area (Å²) in [6.45, 7) is 4.36. The molecule has 26 heavy (non-hydrogen) atoms. The van der Waals surface area contributed by atoms with E-state index in [4.69, 9.17) is 0 Å². The molecule has 6 nitrogen and oxygen atoms in total. The molecule has 2 aliphatic heterocycles. The number of imidazole rings is 1. The lowest BCUT2D eigenvalue weighted by Gasteiger charge is -2.48. The first-order valence-corrected chi connectivity index (χ1v) is 10.1. The zero-order valence-electron chi connectivity index (χ0n) is 15.6.